The lowest BCUT2D eigenvalue weighted by molar-refractivity contribution is -0.763. The molecule has 3 rings (SSSR count). The van der Waals surface area contributed by atoms with E-state index in [9.17, 15) is 29.8 Å². The van der Waals surface area contributed by atoms with Crippen LogP contribution in [0.4, 0.5) is 0 Å². The molecule has 0 spiro atoms. The van der Waals surface area contributed by atoms with Crippen molar-refractivity contribution < 1.29 is 48.4 Å². The summed E-state index contributed by atoms with van der Waals surface area (Å²) in [6.07, 6.45) is -0.528. The summed E-state index contributed by atoms with van der Waals surface area (Å²) in [6.45, 7) is 11.4. The summed E-state index contributed by atoms with van der Waals surface area (Å²) in [6, 6.07) is 20.9. The standard InChI is InChI=1S/C27H36N2O9.C8H9NO3/c1-20(2)28(27(31)24-9-5-23(6-10-24)17-38-29(32)33)15-26(37-19-30)18-36-25-11-7-22(8-12-25)16-34-13-14-35-21(3)4;1-7-2-4-8(5-3-7)6-12-9(10)11/h5-12,19-21,26H,13-18H2,1-4H3;2-5H,6H2,1H3. The van der Waals surface area contributed by atoms with Crippen molar-refractivity contribution in [2.24, 2.45) is 0 Å². The summed E-state index contributed by atoms with van der Waals surface area (Å²) in [5.74, 6) is 0.315. The van der Waals surface area contributed by atoms with Crippen LogP contribution in [0.5, 0.6) is 5.75 Å². The lowest BCUT2D eigenvalue weighted by atomic mass is 10.1. The molecule has 0 aromatic heterocycles. The molecular weight excluding hydrogens is 654 g/mol. The van der Waals surface area contributed by atoms with Crippen LogP contribution in [0.1, 0.15) is 60.3 Å². The zero-order valence-electron chi connectivity index (χ0n) is 28.9. The molecule has 15 heteroatoms. The van der Waals surface area contributed by atoms with Crippen LogP contribution in [0, 0.1) is 27.2 Å². The number of hydrogen-bond donors (Lipinski definition) is 0. The smallest absolute Gasteiger partial charge is 0.294 e. The predicted molar refractivity (Wildman–Crippen MR) is 181 cm³/mol. The van der Waals surface area contributed by atoms with Gasteiger partial charge in [0.1, 0.15) is 25.6 Å². The van der Waals surface area contributed by atoms with Crippen LogP contribution in [-0.4, -0.2) is 72.1 Å². The molecule has 3 aromatic rings. The van der Waals surface area contributed by atoms with Gasteiger partial charge in [0.15, 0.2) is 6.10 Å². The Labute approximate surface area is 291 Å². The highest BCUT2D eigenvalue weighted by atomic mass is 17.0. The summed E-state index contributed by atoms with van der Waals surface area (Å²) < 4.78 is 22.1. The number of carbonyl (C=O) groups is 2. The number of carbonyl (C=O) groups excluding carboxylic acids is 2. The number of rotatable bonds is 21. The fourth-order valence-electron chi connectivity index (χ4n) is 4.21. The summed E-state index contributed by atoms with van der Waals surface area (Å²) >= 11 is 0. The highest BCUT2D eigenvalue weighted by Gasteiger charge is 2.24. The Hall–Kier alpha value is -5.28. The van der Waals surface area contributed by atoms with Crippen LogP contribution < -0.4 is 4.74 Å². The Morgan fingerprint density at radius 3 is 1.80 bits per heavy atom. The van der Waals surface area contributed by atoms with Gasteiger partial charge in [-0.2, -0.15) is 0 Å². The fraction of sp³-hybridized carbons (Fsp3) is 0.429. The van der Waals surface area contributed by atoms with Crippen molar-refractivity contribution in [2.45, 2.75) is 72.7 Å². The first-order valence-corrected chi connectivity index (χ1v) is 15.9. The molecule has 0 aliphatic rings. The van der Waals surface area contributed by atoms with Crippen molar-refractivity contribution in [1.82, 2.24) is 4.90 Å². The van der Waals surface area contributed by atoms with Crippen LogP contribution in [0.25, 0.3) is 0 Å². The van der Waals surface area contributed by atoms with E-state index in [4.69, 9.17) is 18.9 Å². The topological polar surface area (TPSA) is 179 Å². The number of amides is 1. The third kappa shape index (κ3) is 16.7. The summed E-state index contributed by atoms with van der Waals surface area (Å²) in [5.41, 5.74) is 3.86. The zero-order valence-corrected chi connectivity index (χ0v) is 28.9. The van der Waals surface area contributed by atoms with Gasteiger partial charge in [0.25, 0.3) is 22.6 Å². The van der Waals surface area contributed by atoms with Crippen molar-refractivity contribution in [1.29, 1.82) is 0 Å². The second kappa shape index (κ2) is 22.4. The molecule has 3 aromatic carbocycles. The SMILES string of the molecule is CC(C)OCCOCc1ccc(OCC(CN(C(=O)c2ccc(CO[N+](=O)[O-])cc2)C(C)C)OC=O)cc1.Cc1ccc(CO[N+](=O)[O-])cc1. The van der Waals surface area contributed by atoms with Gasteiger partial charge in [-0.05, 0) is 75.6 Å². The molecule has 0 bridgehead atoms. The van der Waals surface area contributed by atoms with Crippen LogP contribution >= 0.6 is 0 Å². The van der Waals surface area contributed by atoms with E-state index in [1.54, 1.807) is 53.4 Å². The maximum atomic E-state index is 13.2. The monoisotopic (exact) mass is 699 g/mol. The van der Waals surface area contributed by atoms with Gasteiger partial charge in [0, 0.05) is 11.6 Å². The maximum absolute atomic E-state index is 13.2. The van der Waals surface area contributed by atoms with Crippen molar-refractivity contribution in [3.05, 3.63) is 121 Å². The van der Waals surface area contributed by atoms with Gasteiger partial charge >= 0.3 is 0 Å². The van der Waals surface area contributed by atoms with E-state index >= 15 is 0 Å². The zero-order chi connectivity index (χ0) is 36.9. The largest absolute Gasteiger partial charge is 0.490 e. The Morgan fingerprint density at radius 2 is 1.30 bits per heavy atom. The van der Waals surface area contributed by atoms with E-state index in [-0.39, 0.29) is 44.4 Å². The molecule has 50 heavy (non-hydrogen) atoms. The molecule has 15 nitrogen and oxygen atoms in total. The molecule has 1 unspecified atom stereocenters. The molecule has 0 aliphatic heterocycles. The molecular formula is C35H45N3O12. The molecule has 0 saturated heterocycles. The molecule has 0 saturated carbocycles. The second-order valence-electron chi connectivity index (χ2n) is 11.5. The van der Waals surface area contributed by atoms with Gasteiger partial charge in [-0.15, -0.1) is 20.2 Å². The first-order valence-electron chi connectivity index (χ1n) is 15.9. The number of aryl methyl sites for hydroxylation is 1. The van der Waals surface area contributed by atoms with Gasteiger partial charge in [0.2, 0.25) is 0 Å². The first-order chi connectivity index (χ1) is 23.9. The van der Waals surface area contributed by atoms with E-state index in [2.05, 4.69) is 9.68 Å². The Morgan fingerprint density at radius 1 is 0.780 bits per heavy atom. The molecule has 0 heterocycles. The number of ether oxygens (including phenoxy) is 4. The maximum Gasteiger partial charge on any atom is 0.294 e. The van der Waals surface area contributed by atoms with Gasteiger partial charge in [0.05, 0.1) is 32.5 Å². The minimum atomic E-state index is -0.872. The Balaban J connectivity index is 0.000000606. The number of benzene rings is 3. The molecule has 1 atom stereocenters. The Bertz CT molecular complexity index is 1450. The van der Waals surface area contributed by atoms with Crippen LogP contribution in [0.15, 0.2) is 72.8 Å². The van der Waals surface area contributed by atoms with Crippen molar-refractivity contribution in [2.75, 3.05) is 26.4 Å². The highest BCUT2D eigenvalue weighted by Crippen LogP contribution is 2.16. The van der Waals surface area contributed by atoms with Gasteiger partial charge in [-0.25, -0.2) is 0 Å². The predicted octanol–water partition coefficient (Wildman–Crippen LogP) is 5.51. The molecule has 0 radical (unpaired) electrons. The van der Waals surface area contributed by atoms with Crippen LogP contribution in [-0.2, 0) is 48.5 Å². The minimum absolute atomic E-state index is 0.0211. The number of nitrogens with zero attached hydrogens (tertiary/aromatic N) is 3. The second-order valence-corrected chi connectivity index (χ2v) is 11.5. The van der Waals surface area contributed by atoms with Crippen molar-refractivity contribution >= 4 is 12.4 Å². The van der Waals surface area contributed by atoms with Gasteiger partial charge in [-0.3, -0.25) is 9.59 Å². The van der Waals surface area contributed by atoms with Crippen LogP contribution in [0.3, 0.4) is 0 Å². The number of hydrogen-bond acceptors (Lipinski definition) is 12. The molecule has 272 valence electrons. The van der Waals surface area contributed by atoms with E-state index < -0.39 is 16.3 Å². The normalized spacial score (nSPS) is 11.2. The molecule has 0 fully saturated rings. The average Bonchev–Trinajstić information content (AvgIpc) is 3.08. The van der Waals surface area contributed by atoms with E-state index in [1.807, 2.05) is 58.9 Å². The lowest BCUT2D eigenvalue weighted by Gasteiger charge is -2.30. The highest BCUT2D eigenvalue weighted by molar-refractivity contribution is 5.94. The van der Waals surface area contributed by atoms with Gasteiger partial charge < -0.3 is 33.5 Å². The van der Waals surface area contributed by atoms with E-state index in [0.29, 0.717) is 43.2 Å². The minimum Gasteiger partial charge on any atom is -0.490 e. The Kier molecular flexibility index (Phi) is 18.3. The quantitative estimate of drug-likeness (QED) is 0.0590. The van der Waals surface area contributed by atoms with Crippen molar-refractivity contribution in [3.8, 4) is 5.75 Å². The first kappa shape index (κ1) is 40.9. The van der Waals surface area contributed by atoms with Crippen molar-refractivity contribution in [3.63, 3.8) is 0 Å². The summed E-state index contributed by atoms with van der Waals surface area (Å²) in [5, 5.41) is 18.5. The lowest BCUT2D eigenvalue weighted by Crippen LogP contribution is -2.44. The van der Waals surface area contributed by atoms with Gasteiger partial charge in [-0.1, -0.05) is 54.1 Å². The third-order valence-corrected chi connectivity index (χ3v) is 6.83. The van der Waals surface area contributed by atoms with E-state index in [0.717, 1.165) is 16.7 Å². The summed E-state index contributed by atoms with van der Waals surface area (Å²) in [4.78, 5) is 54.6. The molecule has 1 amide bonds. The third-order valence-electron chi connectivity index (χ3n) is 6.83. The average molecular weight is 700 g/mol. The fourth-order valence-corrected chi connectivity index (χ4v) is 4.21. The van der Waals surface area contributed by atoms with Crippen LogP contribution in [0.2, 0.25) is 0 Å². The summed E-state index contributed by atoms with van der Waals surface area (Å²) in [7, 11) is 0. The molecule has 0 aliphatic carbocycles. The molecule has 0 N–H and O–H groups in total. The van der Waals surface area contributed by atoms with E-state index in [1.165, 1.54) is 0 Å².